The normalized spacial score (nSPS) is 10.1. The van der Waals surface area contributed by atoms with E-state index in [1.165, 1.54) is 24.3 Å². The molecule has 6 nitrogen and oxygen atoms in total. The highest BCUT2D eigenvalue weighted by molar-refractivity contribution is 5.94. The molecule has 0 aromatic heterocycles. The van der Waals surface area contributed by atoms with E-state index in [1.807, 2.05) is 0 Å². The smallest absolute Gasteiger partial charge is 0.292 e. The first kappa shape index (κ1) is 15.4. The number of halogens is 2. The molecule has 114 valence electrons. The summed E-state index contributed by atoms with van der Waals surface area (Å²) in [5.41, 5.74) is -0.274. The van der Waals surface area contributed by atoms with Crippen LogP contribution in [0.3, 0.4) is 0 Å². The summed E-state index contributed by atoms with van der Waals surface area (Å²) in [6.07, 6.45) is 0. The summed E-state index contributed by atoms with van der Waals surface area (Å²) in [7, 11) is 0. The van der Waals surface area contributed by atoms with Gasteiger partial charge in [0.25, 0.3) is 11.6 Å². The van der Waals surface area contributed by atoms with Crippen LogP contribution in [0.25, 0.3) is 0 Å². The molecule has 0 unspecified atom stereocenters. The van der Waals surface area contributed by atoms with Crippen LogP contribution in [0, 0.1) is 21.7 Å². The molecule has 0 spiro atoms. The molecule has 22 heavy (non-hydrogen) atoms. The van der Waals surface area contributed by atoms with Crippen LogP contribution in [0.2, 0.25) is 0 Å². The van der Waals surface area contributed by atoms with Gasteiger partial charge in [0.1, 0.15) is 11.5 Å². The number of hydrogen-bond acceptors (Lipinski definition) is 4. The zero-order valence-corrected chi connectivity index (χ0v) is 11.1. The molecule has 1 amide bonds. The Morgan fingerprint density at radius 1 is 1.23 bits per heavy atom. The van der Waals surface area contributed by atoms with Crippen molar-refractivity contribution in [3.05, 3.63) is 64.2 Å². The molecule has 0 fully saturated rings. The maximum Gasteiger partial charge on any atom is 0.292 e. The molecule has 0 aliphatic carbocycles. The van der Waals surface area contributed by atoms with Gasteiger partial charge in [-0.15, -0.1) is 0 Å². The van der Waals surface area contributed by atoms with Crippen molar-refractivity contribution in [2.75, 3.05) is 11.9 Å². The van der Waals surface area contributed by atoms with E-state index in [0.717, 1.165) is 12.1 Å². The van der Waals surface area contributed by atoms with Crippen molar-refractivity contribution < 1.29 is 23.2 Å². The van der Waals surface area contributed by atoms with Gasteiger partial charge in [0.15, 0.2) is 18.2 Å². The average molecular weight is 308 g/mol. The van der Waals surface area contributed by atoms with Crippen LogP contribution in [0.1, 0.15) is 0 Å². The zero-order valence-electron chi connectivity index (χ0n) is 11.1. The number of rotatable bonds is 5. The Labute approximate surface area is 123 Å². The lowest BCUT2D eigenvalue weighted by atomic mass is 10.2. The Balaban J connectivity index is 2.00. The number of nitro groups is 1. The van der Waals surface area contributed by atoms with Crippen LogP contribution in [-0.4, -0.2) is 17.4 Å². The highest BCUT2D eigenvalue weighted by atomic mass is 19.1. The van der Waals surface area contributed by atoms with E-state index in [9.17, 15) is 23.7 Å². The van der Waals surface area contributed by atoms with Crippen molar-refractivity contribution in [1.82, 2.24) is 0 Å². The molecular formula is C14H10F2N2O4. The van der Waals surface area contributed by atoms with E-state index in [1.54, 1.807) is 0 Å². The van der Waals surface area contributed by atoms with E-state index >= 15 is 0 Å². The van der Waals surface area contributed by atoms with Crippen LogP contribution in [0.5, 0.6) is 5.75 Å². The highest BCUT2D eigenvalue weighted by Gasteiger charge is 2.15. The molecule has 2 aromatic carbocycles. The lowest BCUT2D eigenvalue weighted by Crippen LogP contribution is -2.21. The number of para-hydroxylation sites is 2. The second kappa shape index (κ2) is 6.61. The van der Waals surface area contributed by atoms with Gasteiger partial charge in [-0.2, -0.15) is 0 Å². The number of ether oxygens (including phenoxy) is 1. The van der Waals surface area contributed by atoms with Gasteiger partial charge in [-0.05, 0) is 18.2 Å². The minimum Gasteiger partial charge on any atom is -0.481 e. The lowest BCUT2D eigenvalue weighted by molar-refractivity contribution is -0.383. The summed E-state index contributed by atoms with van der Waals surface area (Å²) in [4.78, 5) is 21.8. The molecule has 0 aliphatic rings. The van der Waals surface area contributed by atoms with E-state index < -0.39 is 29.1 Å². The molecule has 0 atom stereocenters. The van der Waals surface area contributed by atoms with Gasteiger partial charge in [-0.1, -0.05) is 12.1 Å². The lowest BCUT2D eigenvalue weighted by Gasteiger charge is -2.08. The van der Waals surface area contributed by atoms with E-state index in [0.29, 0.717) is 6.07 Å². The molecule has 0 radical (unpaired) electrons. The van der Waals surface area contributed by atoms with Crippen LogP contribution >= 0.6 is 0 Å². The summed E-state index contributed by atoms with van der Waals surface area (Å²) in [5, 5.41) is 13.1. The Morgan fingerprint density at radius 3 is 2.64 bits per heavy atom. The van der Waals surface area contributed by atoms with E-state index in [4.69, 9.17) is 4.74 Å². The highest BCUT2D eigenvalue weighted by Crippen LogP contribution is 2.23. The third-order valence-corrected chi connectivity index (χ3v) is 2.63. The third-order valence-electron chi connectivity index (χ3n) is 2.63. The molecule has 0 saturated heterocycles. The van der Waals surface area contributed by atoms with Crippen molar-refractivity contribution in [2.24, 2.45) is 0 Å². The van der Waals surface area contributed by atoms with Gasteiger partial charge in [0.2, 0.25) is 0 Å². The predicted octanol–water partition coefficient (Wildman–Crippen LogP) is 2.89. The fourth-order valence-corrected chi connectivity index (χ4v) is 1.66. The van der Waals surface area contributed by atoms with Crippen molar-refractivity contribution in [3.8, 4) is 5.75 Å². The van der Waals surface area contributed by atoms with Crippen LogP contribution in [0.15, 0.2) is 42.5 Å². The maximum atomic E-state index is 13.3. The number of nitrogens with one attached hydrogen (secondary N) is 1. The molecule has 0 aliphatic heterocycles. The maximum absolute atomic E-state index is 13.3. The molecule has 1 N–H and O–H groups in total. The van der Waals surface area contributed by atoms with Crippen molar-refractivity contribution in [1.29, 1.82) is 0 Å². The summed E-state index contributed by atoms with van der Waals surface area (Å²) < 4.78 is 30.9. The SMILES string of the molecule is O=C(COc1ccc(F)cc1F)Nc1ccccc1[N+](=O)[O-]. The van der Waals surface area contributed by atoms with E-state index in [2.05, 4.69) is 5.32 Å². The second-order valence-corrected chi connectivity index (χ2v) is 4.19. The van der Waals surface area contributed by atoms with Gasteiger partial charge < -0.3 is 10.1 Å². The number of carbonyl (C=O) groups is 1. The molecule has 2 aromatic rings. The molecule has 0 saturated carbocycles. The first-order valence-electron chi connectivity index (χ1n) is 6.08. The Hall–Kier alpha value is -3.03. The minimum atomic E-state index is -0.946. The van der Waals surface area contributed by atoms with Gasteiger partial charge in [-0.3, -0.25) is 14.9 Å². The Morgan fingerprint density at radius 2 is 1.95 bits per heavy atom. The van der Waals surface area contributed by atoms with Gasteiger partial charge in [0, 0.05) is 12.1 Å². The van der Waals surface area contributed by atoms with Crippen LogP contribution in [0.4, 0.5) is 20.2 Å². The first-order chi connectivity index (χ1) is 10.5. The van der Waals surface area contributed by atoms with Crippen LogP contribution < -0.4 is 10.1 Å². The van der Waals surface area contributed by atoms with Crippen molar-refractivity contribution >= 4 is 17.3 Å². The molecule has 2 rings (SSSR count). The number of hydrogen-bond donors (Lipinski definition) is 1. The van der Waals surface area contributed by atoms with Crippen molar-refractivity contribution in [3.63, 3.8) is 0 Å². The number of amides is 1. The van der Waals surface area contributed by atoms with Gasteiger partial charge >= 0.3 is 0 Å². The van der Waals surface area contributed by atoms with E-state index in [-0.39, 0.29) is 17.1 Å². The number of carbonyl (C=O) groups excluding carboxylic acids is 1. The second-order valence-electron chi connectivity index (χ2n) is 4.19. The summed E-state index contributed by atoms with van der Waals surface area (Å²) in [6.45, 7) is -0.575. The quantitative estimate of drug-likeness (QED) is 0.680. The zero-order chi connectivity index (χ0) is 16.1. The molecular weight excluding hydrogens is 298 g/mol. The number of anilines is 1. The summed E-state index contributed by atoms with van der Waals surface area (Å²) >= 11 is 0. The Kier molecular flexibility index (Phi) is 4.62. The monoisotopic (exact) mass is 308 g/mol. The molecule has 0 heterocycles. The third kappa shape index (κ3) is 3.75. The topological polar surface area (TPSA) is 81.5 Å². The summed E-state index contributed by atoms with van der Waals surface area (Å²) in [5.74, 6) is -2.72. The van der Waals surface area contributed by atoms with Gasteiger partial charge in [-0.25, -0.2) is 8.78 Å². The number of benzene rings is 2. The number of nitrogens with zero attached hydrogens (tertiary/aromatic N) is 1. The fraction of sp³-hybridized carbons (Fsp3) is 0.0714. The van der Waals surface area contributed by atoms with Crippen LogP contribution in [-0.2, 0) is 4.79 Å². The fourth-order valence-electron chi connectivity index (χ4n) is 1.66. The standard InChI is InChI=1S/C14H10F2N2O4/c15-9-5-6-13(10(16)7-9)22-8-14(19)17-11-3-1-2-4-12(11)18(20)21/h1-7H,8H2,(H,17,19). The first-order valence-corrected chi connectivity index (χ1v) is 6.08. The number of nitro benzene ring substituents is 1. The Bertz CT molecular complexity index is 722. The minimum absolute atomic E-state index is 0.000628. The van der Waals surface area contributed by atoms with Gasteiger partial charge in [0.05, 0.1) is 4.92 Å². The molecule has 8 heteroatoms. The summed E-state index contributed by atoms with van der Waals surface area (Å²) in [6, 6.07) is 8.21. The predicted molar refractivity (Wildman–Crippen MR) is 73.6 cm³/mol. The largest absolute Gasteiger partial charge is 0.481 e. The average Bonchev–Trinajstić information content (AvgIpc) is 2.46. The molecule has 0 bridgehead atoms. The van der Waals surface area contributed by atoms with Crippen molar-refractivity contribution in [2.45, 2.75) is 0 Å².